The Morgan fingerprint density at radius 3 is 2.35 bits per heavy atom. The van der Waals surface area contributed by atoms with E-state index in [9.17, 15) is 14.7 Å². The molecule has 2 rings (SSSR count). The summed E-state index contributed by atoms with van der Waals surface area (Å²) in [6.07, 6.45) is 0. The van der Waals surface area contributed by atoms with Crippen molar-refractivity contribution in [3.8, 4) is 0 Å². The molecular weight excluding hydrogens is 359 g/mol. The number of thiocarbonyl (C=S) groups is 1. The van der Waals surface area contributed by atoms with Gasteiger partial charge >= 0.3 is 5.97 Å². The molecule has 0 bridgehead atoms. The highest BCUT2D eigenvalue weighted by Gasteiger charge is 2.17. The summed E-state index contributed by atoms with van der Waals surface area (Å²) in [5.74, 6) is -1.65. The van der Waals surface area contributed by atoms with Crippen molar-refractivity contribution >= 4 is 58.1 Å². The molecule has 0 atom stereocenters. The maximum Gasteiger partial charge on any atom is 0.337 e. The number of benzene rings is 2. The summed E-state index contributed by atoms with van der Waals surface area (Å²) in [6.45, 7) is 0. The molecule has 2 aromatic rings. The Morgan fingerprint density at radius 1 is 1.09 bits per heavy atom. The normalized spacial score (nSPS) is 10.0. The predicted molar refractivity (Wildman–Crippen MR) is 93.6 cm³/mol. The first-order chi connectivity index (χ1) is 10.9. The summed E-state index contributed by atoms with van der Waals surface area (Å²) in [7, 11) is 0. The molecule has 0 unspecified atom stereocenters. The number of carboxylic acids is 1. The van der Waals surface area contributed by atoms with Gasteiger partial charge in [-0.25, -0.2) is 4.79 Å². The maximum atomic E-state index is 12.0. The van der Waals surface area contributed by atoms with Crippen molar-refractivity contribution in [3.05, 3.63) is 63.6 Å². The van der Waals surface area contributed by atoms with Crippen molar-refractivity contribution in [2.75, 3.05) is 5.32 Å². The molecule has 0 heterocycles. The molecule has 8 heteroatoms. The van der Waals surface area contributed by atoms with E-state index in [1.54, 1.807) is 30.3 Å². The number of halogens is 2. The zero-order valence-electron chi connectivity index (χ0n) is 11.5. The third kappa shape index (κ3) is 4.41. The molecule has 0 spiro atoms. The van der Waals surface area contributed by atoms with Crippen LogP contribution < -0.4 is 10.6 Å². The number of carbonyl (C=O) groups excluding carboxylic acids is 1. The van der Waals surface area contributed by atoms with E-state index in [1.165, 1.54) is 12.1 Å². The van der Waals surface area contributed by atoms with Crippen molar-refractivity contribution < 1.29 is 14.7 Å². The van der Waals surface area contributed by atoms with Crippen molar-refractivity contribution in [3.63, 3.8) is 0 Å². The molecule has 3 N–H and O–H groups in total. The first-order valence-electron chi connectivity index (χ1n) is 6.28. The highest BCUT2D eigenvalue weighted by Crippen LogP contribution is 2.30. The molecule has 0 fully saturated rings. The molecule has 0 saturated heterocycles. The molecule has 0 aliphatic carbocycles. The topological polar surface area (TPSA) is 78.4 Å². The fourth-order valence-corrected chi connectivity index (χ4v) is 2.51. The Hall–Kier alpha value is -2.15. The van der Waals surface area contributed by atoms with Gasteiger partial charge in [0, 0.05) is 10.6 Å². The van der Waals surface area contributed by atoms with Gasteiger partial charge in [-0.2, -0.15) is 0 Å². The molecule has 5 nitrogen and oxygen atoms in total. The monoisotopic (exact) mass is 368 g/mol. The van der Waals surface area contributed by atoms with Gasteiger partial charge in [-0.3, -0.25) is 10.1 Å². The molecule has 2 aromatic carbocycles. The molecule has 118 valence electrons. The fraction of sp³-hybridized carbons (Fsp3) is 0. The lowest BCUT2D eigenvalue weighted by atomic mass is 10.2. The largest absolute Gasteiger partial charge is 0.478 e. The average molecular weight is 369 g/mol. The molecule has 0 aliphatic rings. The van der Waals surface area contributed by atoms with Gasteiger partial charge in [0.05, 0.1) is 16.3 Å². The third-order valence-corrected chi connectivity index (χ3v) is 3.51. The van der Waals surface area contributed by atoms with E-state index in [0.717, 1.165) is 0 Å². The molecule has 0 radical (unpaired) electrons. The third-order valence-electron chi connectivity index (χ3n) is 2.79. The van der Waals surface area contributed by atoms with Gasteiger partial charge < -0.3 is 10.4 Å². The van der Waals surface area contributed by atoms with Gasteiger partial charge in [-0.15, -0.1) is 0 Å². The maximum absolute atomic E-state index is 12.0. The number of carbonyl (C=O) groups is 2. The lowest BCUT2D eigenvalue weighted by Gasteiger charge is -2.13. The van der Waals surface area contributed by atoms with Crippen LogP contribution in [0.1, 0.15) is 20.7 Å². The van der Waals surface area contributed by atoms with Gasteiger partial charge in [-0.1, -0.05) is 41.4 Å². The van der Waals surface area contributed by atoms with Crippen LogP contribution >= 0.6 is 35.4 Å². The van der Waals surface area contributed by atoms with E-state index < -0.39 is 11.9 Å². The van der Waals surface area contributed by atoms with Crippen LogP contribution in [0.5, 0.6) is 0 Å². The first kappa shape index (κ1) is 17.2. The van der Waals surface area contributed by atoms with Crippen LogP contribution in [0.25, 0.3) is 0 Å². The molecule has 1 amide bonds. The second kappa shape index (κ2) is 7.41. The van der Waals surface area contributed by atoms with E-state index in [2.05, 4.69) is 10.6 Å². The number of nitrogens with one attached hydrogen (secondary N) is 2. The summed E-state index contributed by atoms with van der Waals surface area (Å²) < 4.78 is 0. The lowest BCUT2D eigenvalue weighted by Crippen LogP contribution is -2.34. The van der Waals surface area contributed by atoms with Gasteiger partial charge in [-0.05, 0) is 36.5 Å². The summed E-state index contributed by atoms with van der Waals surface area (Å²) >= 11 is 16.8. The number of amides is 1. The highest BCUT2D eigenvalue weighted by molar-refractivity contribution is 7.80. The van der Waals surface area contributed by atoms with E-state index in [-0.39, 0.29) is 26.4 Å². The van der Waals surface area contributed by atoms with Gasteiger partial charge in [0.1, 0.15) is 0 Å². The van der Waals surface area contributed by atoms with Crippen LogP contribution in [0.2, 0.25) is 10.0 Å². The molecule has 0 aromatic heterocycles. The Bertz CT molecular complexity index is 782. The molecule has 23 heavy (non-hydrogen) atoms. The minimum absolute atomic E-state index is 0.0573. The number of carboxylic acid groups (broad SMARTS) is 1. The van der Waals surface area contributed by atoms with Crippen LogP contribution in [-0.2, 0) is 0 Å². The average Bonchev–Trinajstić information content (AvgIpc) is 2.50. The summed E-state index contributed by atoms with van der Waals surface area (Å²) in [4.78, 5) is 23.3. The Labute approximate surface area is 147 Å². The van der Waals surface area contributed by atoms with Crippen LogP contribution in [0.3, 0.4) is 0 Å². The smallest absolute Gasteiger partial charge is 0.337 e. The van der Waals surface area contributed by atoms with Gasteiger partial charge in [0.2, 0.25) is 0 Å². The summed E-state index contributed by atoms with van der Waals surface area (Å²) in [5, 5.41) is 14.4. The quantitative estimate of drug-likeness (QED) is 0.717. The molecule has 0 aliphatic heterocycles. The summed E-state index contributed by atoms with van der Waals surface area (Å²) in [6, 6.07) is 11.1. The first-order valence-corrected chi connectivity index (χ1v) is 7.44. The SMILES string of the molecule is O=C(NC(=S)Nc1c(Cl)cc(Cl)cc1C(=O)O)c1ccccc1. The molecular formula is C15H10Cl2N2O3S. The zero-order chi connectivity index (χ0) is 17.0. The lowest BCUT2D eigenvalue weighted by molar-refractivity contribution is 0.0698. The van der Waals surface area contributed by atoms with E-state index in [0.29, 0.717) is 5.56 Å². The number of rotatable bonds is 3. The van der Waals surface area contributed by atoms with Crippen molar-refractivity contribution in [1.82, 2.24) is 5.32 Å². The number of hydrogen-bond acceptors (Lipinski definition) is 3. The van der Waals surface area contributed by atoms with Crippen LogP contribution in [0.4, 0.5) is 5.69 Å². The van der Waals surface area contributed by atoms with Gasteiger partial charge in [0.15, 0.2) is 5.11 Å². The minimum Gasteiger partial charge on any atom is -0.478 e. The van der Waals surface area contributed by atoms with Crippen LogP contribution in [-0.4, -0.2) is 22.1 Å². The second-order valence-corrected chi connectivity index (χ2v) is 5.64. The predicted octanol–water partition coefficient (Wildman–Crippen LogP) is 3.82. The Kier molecular flexibility index (Phi) is 5.54. The van der Waals surface area contributed by atoms with E-state index >= 15 is 0 Å². The van der Waals surface area contributed by atoms with Crippen LogP contribution in [0.15, 0.2) is 42.5 Å². The van der Waals surface area contributed by atoms with Crippen molar-refractivity contribution in [2.45, 2.75) is 0 Å². The number of anilines is 1. The van der Waals surface area contributed by atoms with E-state index in [1.807, 2.05) is 0 Å². The number of aromatic carboxylic acids is 1. The van der Waals surface area contributed by atoms with Gasteiger partial charge in [0.25, 0.3) is 5.91 Å². The Balaban J connectivity index is 2.18. The number of hydrogen-bond donors (Lipinski definition) is 3. The molecule has 0 saturated carbocycles. The standard InChI is InChI=1S/C15H10Cl2N2O3S/c16-9-6-10(14(21)22)12(11(17)7-9)18-15(23)19-13(20)8-4-2-1-3-5-8/h1-7H,(H,21,22)(H2,18,19,20,23). The van der Waals surface area contributed by atoms with Crippen molar-refractivity contribution in [1.29, 1.82) is 0 Å². The zero-order valence-corrected chi connectivity index (χ0v) is 13.8. The fourth-order valence-electron chi connectivity index (χ4n) is 1.78. The minimum atomic E-state index is -1.23. The van der Waals surface area contributed by atoms with E-state index in [4.69, 9.17) is 35.4 Å². The highest BCUT2D eigenvalue weighted by atomic mass is 35.5. The van der Waals surface area contributed by atoms with Crippen molar-refractivity contribution in [2.24, 2.45) is 0 Å². The van der Waals surface area contributed by atoms with Crippen LogP contribution in [0, 0.1) is 0 Å². The second-order valence-electron chi connectivity index (χ2n) is 4.39. The summed E-state index contributed by atoms with van der Waals surface area (Å²) in [5.41, 5.74) is 0.318. The Morgan fingerprint density at radius 2 is 1.74 bits per heavy atom.